The zero-order valence-electron chi connectivity index (χ0n) is 15.7. The normalized spacial score (nSPS) is 18.9. The average molecular weight is 424 g/mol. The molecule has 1 fully saturated rings. The number of amides is 1. The van der Waals surface area contributed by atoms with Crippen LogP contribution in [0.2, 0.25) is 5.02 Å². The lowest BCUT2D eigenvalue weighted by molar-refractivity contribution is -0.135. The van der Waals surface area contributed by atoms with Crippen molar-refractivity contribution in [3.8, 4) is 0 Å². The first kappa shape index (κ1) is 22.5. The van der Waals surface area contributed by atoms with Crippen molar-refractivity contribution in [2.45, 2.75) is 37.8 Å². The van der Waals surface area contributed by atoms with Gasteiger partial charge >= 0.3 is 5.97 Å². The van der Waals surface area contributed by atoms with Crippen molar-refractivity contribution < 1.29 is 19.8 Å². The fourth-order valence-corrected chi connectivity index (χ4v) is 3.86. The predicted octanol–water partition coefficient (Wildman–Crippen LogP) is 3.55. The summed E-state index contributed by atoms with van der Waals surface area (Å²) in [4.78, 5) is 24.6. The van der Waals surface area contributed by atoms with Gasteiger partial charge < -0.3 is 15.1 Å². The first-order chi connectivity index (χ1) is 13.5. The molecule has 7 heteroatoms. The fourth-order valence-electron chi connectivity index (χ4n) is 3.08. The Kier molecular flexibility index (Phi) is 9.61. The number of piperidine rings is 1. The van der Waals surface area contributed by atoms with Gasteiger partial charge in [-0.3, -0.25) is 9.59 Å². The Morgan fingerprint density at radius 3 is 2.96 bits per heavy atom. The van der Waals surface area contributed by atoms with E-state index in [1.54, 1.807) is 12.1 Å². The molecular weight excluding hydrogens is 398 g/mol. The number of carboxylic acid groups (broad SMARTS) is 1. The molecule has 1 aromatic carbocycles. The minimum absolute atomic E-state index is 0.0356. The van der Waals surface area contributed by atoms with E-state index < -0.39 is 12.1 Å². The van der Waals surface area contributed by atoms with Crippen LogP contribution in [0.15, 0.2) is 48.6 Å². The zero-order valence-corrected chi connectivity index (χ0v) is 17.2. The number of carbonyl (C=O) groups excluding carboxylic acids is 1. The third-order valence-electron chi connectivity index (χ3n) is 4.41. The highest BCUT2D eigenvalue weighted by atomic mass is 35.5. The number of hydrogen-bond donors (Lipinski definition) is 2. The Hall–Kier alpha value is -1.76. The fraction of sp³-hybridized carbons (Fsp3) is 0.429. The third kappa shape index (κ3) is 8.09. The highest BCUT2D eigenvalue weighted by Gasteiger charge is 2.25. The number of rotatable bonds is 10. The van der Waals surface area contributed by atoms with Crippen LogP contribution in [0.5, 0.6) is 0 Å². The van der Waals surface area contributed by atoms with Gasteiger partial charge in [-0.25, -0.2) is 0 Å². The number of aliphatic hydroxyl groups is 1. The largest absolute Gasteiger partial charge is 0.481 e. The van der Waals surface area contributed by atoms with Crippen molar-refractivity contribution >= 4 is 35.2 Å². The summed E-state index contributed by atoms with van der Waals surface area (Å²) in [7, 11) is 0. The minimum Gasteiger partial charge on any atom is -0.481 e. The summed E-state index contributed by atoms with van der Waals surface area (Å²) >= 11 is 7.30. The summed E-state index contributed by atoms with van der Waals surface area (Å²) in [5, 5.41) is 19.6. The van der Waals surface area contributed by atoms with Gasteiger partial charge in [0.15, 0.2) is 0 Å². The van der Waals surface area contributed by atoms with E-state index in [2.05, 4.69) is 0 Å². The molecular formula is C21H26ClNO4S. The molecule has 152 valence electrons. The van der Waals surface area contributed by atoms with Crippen LogP contribution in [-0.2, 0) is 16.0 Å². The van der Waals surface area contributed by atoms with Gasteiger partial charge in [-0.15, -0.1) is 11.8 Å². The first-order valence-corrected chi connectivity index (χ1v) is 10.8. The van der Waals surface area contributed by atoms with Crippen molar-refractivity contribution in [2.24, 2.45) is 0 Å². The van der Waals surface area contributed by atoms with Gasteiger partial charge in [0, 0.05) is 30.2 Å². The highest BCUT2D eigenvalue weighted by molar-refractivity contribution is 8.00. The van der Waals surface area contributed by atoms with Crippen LogP contribution in [0.3, 0.4) is 0 Å². The maximum atomic E-state index is 12.3. The topological polar surface area (TPSA) is 77.8 Å². The lowest BCUT2D eigenvalue weighted by Crippen LogP contribution is -2.42. The molecule has 28 heavy (non-hydrogen) atoms. The number of aliphatic hydroxyl groups excluding tert-OH is 1. The molecule has 0 spiro atoms. The van der Waals surface area contributed by atoms with E-state index in [-0.39, 0.29) is 17.7 Å². The van der Waals surface area contributed by atoms with E-state index in [1.165, 1.54) is 11.8 Å². The number of halogens is 1. The first-order valence-electron chi connectivity index (χ1n) is 9.30. The van der Waals surface area contributed by atoms with Crippen LogP contribution in [0, 0.1) is 0 Å². The third-order valence-corrected chi connectivity index (χ3v) is 5.52. The van der Waals surface area contributed by atoms with E-state index in [9.17, 15) is 14.7 Å². The zero-order chi connectivity index (χ0) is 20.4. The molecule has 1 heterocycles. The molecule has 1 unspecified atom stereocenters. The monoisotopic (exact) mass is 423 g/mol. The number of aliphatic carboxylic acids is 1. The molecule has 2 atom stereocenters. The van der Waals surface area contributed by atoms with E-state index in [0.717, 1.165) is 18.4 Å². The molecule has 0 aromatic heterocycles. The van der Waals surface area contributed by atoms with Crippen LogP contribution >= 0.6 is 23.4 Å². The second-order valence-corrected chi connectivity index (χ2v) is 8.14. The summed E-state index contributed by atoms with van der Waals surface area (Å²) in [6, 6.07) is 7.38. The molecule has 5 nitrogen and oxygen atoms in total. The number of likely N-dealkylation sites (tertiary alicyclic amines) is 1. The number of benzene rings is 1. The molecule has 1 aliphatic rings. The standard InChI is InChI=1S/C21H26ClNO4S/c22-17-6-3-5-16(13-17)14-19(24)10-9-18-7-4-8-20(25)23(18)11-1-2-12-28-15-21(26)27/h1-3,5-6,9-10,13,18-19,24H,4,7-8,11-12,14-15H2,(H,26,27)/b2-1-,10-9+/t18-,19?/m1/s1. The minimum atomic E-state index is -0.828. The Morgan fingerprint density at radius 2 is 2.21 bits per heavy atom. The van der Waals surface area contributed by atoms with Crippen molar-refractivity contribution in [3.63, 3.8) is 0 Å². The number of carbonyl (C=O) groups is 2. The highest BCUT2D eigenvalue weighted by Crippen LogP contribution is 2.20. The van der Waals surface area contributed by atoms with Crippen molar-refractivity contribution in [3.05, 3.63) is 59.2 Å². The van der Waals surface area contributed by atoms with E-state index in [1.807, 2.05) is 41.3 Å². The van der Waals surface area contributed by atoms with Crippen molar-refractivity contribution in [1.82, 2.24) is 4.90 Å². The summed E-state index contributed by atoms with van der Waals surface area (Å²) in [5.74, 6) is -0.0463. The van der Waals surface area contributed by atoms with Crippen molar-refractivity contribution in [2.75, 3.05) is 18.1 Å². The van der Waals surface area contributed by atoms with Crippen LogP contribution in [0.1, 0.15) is 24.8 Å². The maximum Gasteiger partial charge on any atom is 0.313 e. The van der Waals surface area contributed by atoms with Gasteiger partial charge in [-0.05, 0) is 30.5 Å². The Balaban J connectivity index is 1.87. The smallest absolute Gasteiger partial charge is 0.313 e. The molecule has 1 aliphatic heterocycles. The maximum absolute atomic E-state index is 12.3. The molecule has 1 saturated heterocycles. The molecule has 2 N–H and O–H groups in total. The van der Waals surface area contributed by atoms with E-state index in [0.29, 0.717) is 30.2 Å². The average Bonchev–Trinajstić information content (AvgIpc) is 2.64. The van der Waals surface area contributed by atoms with Crippen molar-refractivity contribution in [1.29, 1.82) is 0 Å². The van der Waals surface area contributed by atoms with E-state index >= 15 is 0 Å². The van der Waals surface area contributed by atoms with Gasteiger partial charge in [0.25, 0.3) is 0 Å². The van der Waals surface area contributed by atoms with Gasteiger partial charge in [0.1, 0.15) is 0 Å². The SMILES string of the molecule is O=C(O)CSC/C=C\CN1C(=O)CCC[C@@H]1/C=C/C(O)Cc1cccc(Cl)c1. The Labute approximate surface area is 175 Å². The summed E-state index contributed by atoms with van der Waals surface area (Å²) < 4.78 is 0. The molecule has 2 rings (SSSR count). The molecule has 0 saturated carbocycles. The second kappa shape index (κ2) is 11.9. The number of hydrogen-bond acceptors (Lipinski definition) is 4. The van der Waals surface area contributed by atoms with Crippen LogP contribution in [0.4, 0.5) is 0 Å². The quantitative estimate of drug-likeness (QED) is 0.444. The molecule has 0 bridgehead atoms. The molecule has 0 radical (unpaired) electrons. The Bertz CT molecular complexity index is 722. The van der Waals surface area contributed by atoms with E-state index in [4.69, 9.17) is 16.7 Å². The molecule has 1 aromatic rings. The number of carboxylic acids is 1. The summed E-state index contributed by atoms with van der Waals surface area (Å²) in [5.41, 5.74) is 0.961. The van der Waals surface area contributed by atoms with Gasteiger partial charge in [0.05, 0.1) is 17.9 Å². The molecule has 0 aliphatic carbocycles. The lowest BCUT2D eigenvalue weighted by Gasteiger charge is -2.33. The van der Waals surface area contributed by atoms with Gasteiger partial charge in [-0.2, -0.15) is 0 Å². The molecule has 1 amide bonds. The van der Waals surface area contributed by atoms with Gasteiger partial charge in [0.2, 0.25) is 5.91 Å². The summed E-state index contributed by atoms with van der Waals surface area (Å²) in [6.45, 7) is 0.492. The van der Waals surface area contributed by atoms with Crippen LogP contribution < -0.4 is 0 Å². The lowest BCUT2D eigenvalue weighted by atomic mass is 9.99. The Morgan fingerprint density at radius 1 is 1.39 bits per heavy atom. The number of nitrogens with zero attached hydrogens (tertiary/aromatic N) is 1. The van der Waals surface area contributed by atoms with Crippen LogP contribution in [0.25, 0.3) is 0 Å². The van der Waals surface area contributed by atoms with Crippen LogP contribution in [-0.4, -0.2) is 57.2 Å². The number of thioether (sulfide) groups is 1. The predicted molar refractivity (Wildman–Crippen MR) is 114 cm³/mol. The summed E-state index contributed by atoms with van der Waals surface area (Å²) in [6.07, 6.45) is 9.55. The second-order valence-electron chi connectivity index (χ2n) is 6.67. The van der Waals surface area contributed by atoms with Gasteiger partial charge in [-0.1, -0.05) is 48.0 Å².